The number of nitrogens with one attached hydrogen (secondary N) is 1. The summed E-state index contributed by atoms with van der Waals surface area (Å²) in [5, 5.41) is 22.5. The van der Waals surface area contributed by atoms with E-state index in [9.17, 15) is 20.0 Å². The Kier molecular flexibility index (Phi) is 6.55. The molecule has 0 aliphatic carbocycles. The maximum atomic E-state index is 11.7. The zero-order valence-corrected chi connectivity index (χ0v) is 12.2. The van der Waals surface area contributed by atoms with Gasteiger partial charge in [0, 0.05) is 18.2 Å². The van der Waals surface area contributed by atoms with Crippen molar-refractivity contribution in [1.29, 1.82) is 0 Å². The van der Waals surface area contributed by atoms with Crippen LogP contribution in [0.3, 0.4) is 0 Å². The molecule has 6 nitrogen and oxygen atoms in total. The van der Waals surface area contributed by atoms with E-state index in [1.165, 1.54) is 24.3 Å². The van der Waals surface area contributed by atoms with E-state index in [1.54, 1.807) is 12.1 Å². The van der Waals surface area contributed by atoms with Gasteiger partial charge in [-0.3, -0.25) is 14.9 Å². The number of nitrogens with zero attached hydrogens (tertiary/aromatic N) is 1. The third-order valence-corrected chi connectivity index (χ3v) is 2.83. The number of rotatable bonds is 7. The highest BCUT2D eigenvalue weighted by atomic mass is 16.6. The van der Waals surface area contributed by atoms with E-state index >= 15 is 0 Å². The fraction of sp³-hybridized carbons (Fsp3) is 0.400. The summed E-state index contributed by atoms with van der Waals surface area (Å²) >= 11 is 0. The standard InChI is InChI=1S/C15H20N2O4/c1-11(2)8-13(10-18)16-15(19)7-6-12-4-3-5-14(9-12)17(20)21/h3-7,9,11,13,18H,8,10H2,1-2H3,(H,16,19). The SMILES string of the molecule is CC(C)CC(CO)NC(=O)C=Cc1cccc([N+](=O)[O-])c1. The number of hydrogen-bond acceptors (Lipinski definition) is 4. The van der Waals surface area contributed by atoms with Crippen molar-refractivity contribution in [2.24, 2.45) is 5.92 Å². The van der Waals surface area contributed by atoms with Crippen molar-refractivity contribution in [1.82, 2.24) is 5.32 Å². The van der Waals surface area contributed by atoms with Gasteiger partial charge in [-0.2, -0.15) is 0 Å². The maximum absolute atomic E-state index is 11.7. The molecular weight excluding hydrogens is 272 g/mol. The van der Waals surface area contributed by atoms with Crippen LogP contribution in [-0.4, -0.2) is 28.6 Å². The number of carbonyl (C=O) groups excluding carboxylic acids is 1. The summed E-state index contributed by atoms with van der Waals surface area (Å²) in [6.07, 6.45) is 3.50. The molecule has 1 rings (SSSR count). The lowest BCUT2D eigenvalue weighted by Crippen LogP contribution is -2.37. The minimum atomic E-state index is -0.484. The molecule has 6 heteroatoms. The summed E-state index contributed by atoms with van der Waals surface area (Å²) in [6.45, 7) is 3.90. The van der Waals surface area contributed by atoms with E-state index in [1.807, 2.05) is 13.8 Å². The van der Waals surface area contributed by atoms with Crippen LogP contribution in [0.2, 0.25) is 0 Å². The summed E-state index contributed by atoms with van der Waals surface area (Å²) in [5.74, 6) is 0.0319. The number of benzene rings is 1. The van der Waals surface area contributed by atoms with Gasteiger partial charge >= 0.3 is 0 Å². The predicted octanol–water partition coefficient (Wildman–Crippen LogP) is 2.13. The Balaban J connectivity index is 2.65. The molecule has 1 unspecified atom stereocenters. The first-order valence-electron chi connectivity index (χ1n) is 6.76. The Bertz CT molecular complexity index is 526. The number of nitro benzene ring substituents is 1. The molecule has 2 N–H and O–H groups in total. The lowest BCUT2D eigenvalue weighted by molar-refractivity contribution is -0.384. The summed E-state index contributed by atoms with van der Waals surface area (Å²) < 4.78 is 0. The third kappa shape index (κ3) is 6.18. The molecule has 0 saturated carbocycles. The van der Waals surface area contributed by atoms with Crippen molar-refractivity contribution in [2.75, 3.05) is 6.61 Å². The minimum Gasteiger partial charge on any atom is -0.394 e. The van der Waals surface area contributed by atoms with E-state index < -0.39 is 4.92 Å². The fourth-order valence-electron chi connectivity index (χ4n) is 1.91. The van der Waals surface area contributed by atoms with Crippen LogP contribution >= 0.6 is 0 Å². The molecule has 0 aliphatic heterocycles. The lowest BCUT2D eigenvalue weighted by Gasteiger charge is -2.17. The van der Waals surface area contributed by atoms with Crippen LogP contribution in [0.4, 0.5) is 5.69 Å². The van der Waals surface area contributed by atoms with Gasteiger partial charge in [-0.1, -0.05) is 26.0 Å². The quantitative estimate of drug-likeness (QED) is 0.457. The van der Waals surface area contributed by atoms with E-state index in [2.05, 4.69) is 5.32 Å². The number of hydrogen-bond donors (Lipinski definition) is 2. The number of non-ortho nitro benzene ring substituents is 1. The van der Waals surface area contributed by atoms with E-state index in [-0.39, 0.29) is 24.2 Å². The smallest absolute Gasteiger partial charge is 0.270 e. The van der Waals surface area contributed by atoms with E-state index in [0.29, 0.717) is 17.9 Å². The number of nitro groups is 1. The Morgan fingerprint density at radius 3 is 2.76 bits per heavy atom. The molecule has 0 saturated heterocycles. The monoisotopic (exact) mass is 292 g/mol. The third-order valence-electron chi connectivity index (χ3n) is 2.83. The average molecular weight is 292 g/mol. The van der Waals surface area contributed by atoms with Crippen LogP contribution < -0.4 is 5.32 Å². The lowest BCUT2D eigenvalue weighted by atomic mass is 10.0. The van der Waals surface area contributed by atoms with Crippen molar-refractivity contribution in [2.45, 2.75) is 26.3 Å². The molecule has 1 aromatic carbocycles. The largest absolute Gasteiger partial charge is 0.394 e. The molecule has 0 radical (unpaired) electrons. The molecule has 21 heavy (non-hydrogen) atoms. The highest BCUT2D eigenvalue weighted by molar-refractivity contribution is 5.92. The number of aliphatic hydroxyl groups excluding tert-OH is 1. The zero-order chi connectivity index (χ0) is 15.8. The highest BCUT2D eigenvalue weighted by Gasteiger charge is 2.11. The zero-order valence-electron chi connectivity index (χ0n) is 12.2. The number of aliphatic hydroxyl groups is 1. The molecule has 0 bridgehead atoms. The Morgan fingerprint density at radius 1 is 1.48 bits per heavy atom. The average Bonchev–Trinajstić information content (AvgIpc) is 2.44. The first-order chi connectivity index (χ1) is 9.92. The van der Waals surface area contributed by atoms with Crippen LogP contribution in [0.5, 0.6) is 0 Å². The Morgan fingerprint density at radius 2 is 2.19 bits per heavy atom. The molecule has 1 amide bonds. The van der Waals surface area contributed by atoms with Gasteiger partial charge in [-0.25, -0.2) is 0 Å². The maximum Gasteiger partial charge on any atom is 0.270 e. The van der Waals surface area contributed by atoms with E-state index in [4.69, 9.17) is 0 Å². The van der Waals surface area contributed by atoms with Gasteiger partial charge in [-0.15, -0.1) is 0 Å². The normalized spacial score (nSPS) is 12.6. The first kappa shape index (κ1) is 16.8. The minimum absolute atomic E-state index is 0.0226. The van der Waals surface area contributed by atoms with Crippen molar-refractivity contribution < 1.29 is 14.8 Å². The van der Waals surface area contributed by atoms with Crippen LogP contribution in [0.15, 0.2) is 30.3 Å². The second kappa shape index (κ2) is 8.16. The molecule has 0 aliphatic rings. The summed E-state index contributed by atoms with van der Waals surface area (Å²) in [4.78, 5) is 21.9. The van der Waals surface area contributed by atoms with Crippen molar-refractivity contribution >= 4 is 17.7 Å². The van der Waals surface area contributed by atoms with Crippen molar-refractivity contribution in [3.05, 3.63) is 46.0 Å². The summed E-state index contributed by atoms with van der Waals surface area (Å²) in [7, 11) is 0. The van der Waals surface area contributed by atoms with Gasteiger partial charge in [0.2, 0.25) is 5.91 Å². The molecule has 0 heterocycles. The number of carbonyl (C=O) groups is 1. The van der Waals surface area contributed by atoms with Crippen LogP contribution in [-0.2, 0) is 4.79 Å². The molecule has 1 aromatic rings. The molecule has 0 spiro atoms. The van der Waals surface area contributed by atoms with Crippen molar-refractivity contribution in [3.63, 3.8) is 0 Å². The van der Waals surface area contributed by atoms with Gasteiger partial charge in [0.15, 0.2) is 0 Å². The van der Waals surface area contributed by atoms with E-state index in [0.717, 1.165) is 0 Å². The summed E-state index contributed by atoms with van der Waals surface area (Å²) in [6, 6.07) is 5.73. The highest BCUT2D eigenvalue weighted by Crippen LogP contribution is 2.14. The van der Waals surface area contributed by atoms with Gasteiger partial charge in [0.1, 0.15) is 0 Å². The molecule has 114 valence electrons. The number of amides is 1. The summed E-state index contributed by atoms with van der Waals surface area (Å²) in [5.41, 5.74) is 0.550. The van der Waals surface area contributed by atoms with Crippen LogP contribution in [0, 0.1) is 16.0 Å². The molecular formula is C15H20N2O4. The van der Waals surface area contributed by atoms with Crippen LogP contribution in [0.25, 0.3) is 6.08 Å². The van der Waals surface area contributed by atoms with Gasteiger partial charge in [0.05, 0.1) is 17.6 Å². The van der Waals surface area contributed by atoms with Gasteiger partial charge in [0.25, 0.3) is 5.69 Å². The Labute approximate surface area is 123 Å². The van der Waals surface area contributed by atoms with Crippen molar-refractivity contribution in [3.8, 4) is 0 Å². The van der Waals surface area contributed by atoms with Crippen LogP contribution in [0.1, 0.15) is 25.8 Å². The first-order valence-corrected chi connectivity index (χ1v) is 6.76. The topological polar surface area (TPSA) is 92.5 Å². The second-order valence-electron chi connectivity index (χ2n) is 5.20. The van der Waals surface area contributed by atoms with Gasteiger partial charge in [-0.05, 0) is 24.0 Å². The molecule has 0 fully saturated rings. The molecule has 1 atom stereocenters. The fourth-order valence-corrected chi connectivity index (χ4v) is 1.91. The second-order valence-corrected chi connectivity index (χ2v) is 5.20. The predicted molar refractivity (Wildman–Crippen MR) is 80.6 cm³/mol. The molecule has 0 aromatic heterocycles. The Hall–Kier alpha value is -2.21. The van der Waals surface area contributed by atoms with Gasteiger partial charge < -0.3 is 10.4 Å².